The Kier molecular flexibility index (Phi) is 9.17. The first-order chi connectivity index (χ1) is 21.5. The fourth-order valence-corrected chi connectivity index (χ4v) is 7.19. The molecule has 2 N–H and O–H groups in total. The van der Waals surface area contributed by atoms with Crippen LogP contribution in [0, 0.1) is 11.3 Å². The molecule has 4 heterocycles. The Balaban J connectivity index is 1.33. The molecule has 0 unspecified atom stereocenters. The van der Waals surface area contributed by atoms with Crippen molar-refractivity contribution in [2.45, 2.75) is 44.3 Å². The molecule has 3 aliphatic heterocycles. The molecule has 2 aromatic carbocycles. The van der Waals surface area contributed by atoms with Crippen LogP contribution in [-0.2, 0) is 17.8 Å². The molecule has 2 atom stereocenters. The standard InChI is InChI=1S/C33H39ClN8O2/c1-2-30(43)42-19-18-41(20-24(42)11-13-35)32-26-12-16-40(29-10-4-7-23-6-3-9-27(34)31(23)29)21-28(26)37-33(38-32)44-22-25-8-5-15-39(25)17-14-36/h2-4,6-7,9-10,24-25H,1,5,8,11-12,14-22,36H2/t24-,25-/m0/s1. The lowest BCUT2D eigenvalue weighted by atomic mass is 10.0. The molecule has 11 heteroatoms. The van der Waals surface area contributed by atoms with Gasteiger partial charge in [0.25, 0.3) is 0 Å². The van der Waals surface area contributed by atoms with E-state index in [1.165, 1.54) is 6.08 Å². The molecule has 6 rings (SSSR count). The molecule has 0 spiro atoms. The van der Waals surface area contributed by atoms with Crippen molar-refractivity contribution in [3.63, 3.8) is 0 Å². The summed E-state index contributed by atoms with van der Waals surface area (Å²) in [6.45, 7) is 9.61. The van der Waals surface area contributed by atoms with E-state index < -0.39 is 0 Å². The maximum Gasteiger partial charge on any atom is 0.318 e. The fourth-order valence-electron chi connectivity index (χ4n) is 6.91. The number of ether oxygens (including phenoxy) is 1. The monoisotopic (exact) mass is 614 g/mol. The lowest BCUT2D eigenvalue weighted by Gasteiger charge is -2.42. The van der Waals surface area contributed by atoms with Gasteiger partial charge in [-0.3, -0.25) is 9.69 Å². The van der Waals surface area contributed by atoms with Crippen LogP contribution in [0.3, 0.4) is 0 Å². The molecule has 230 valence electrons. The quantitative estimate of drug-likeness (QED) is 0.360. The molecule has 44 heavy (non-hydrogen) atoms. The molecular weight excluding hydrogens is 576 g/mol. The number of benzene rings is 2. The minimum atomic E-state index is -0.254. The highest BCUT2D eigenvalue weighted by Gasteiger charge is 2.34. The van der Waals surface area contributed by atoms with Crippen LogP contribution < -0.4 is 20.3 Å². The Hall–Kier alpha value is -3.91. The van der Waals surface area contributed by atoms with Gasteiger partial charge in [-0.25, -0.2) is 0 Å². The second-order valence-corrected chi connectivity index (χ2v) is 12.1. The van der Waals surface area contributed by atoms with E-state index >= 15 is 0 Å². The van der Waals surface area contributed by atoms with Crippen molar-refractivity contribution in [2.24, 2.45) is 5.73 Å². The number of hydrogen-bond acceptors (Lipinski definition) is 9. The van der Waals surface area contributed by atoms with Gasteiger partial charge in [-0.2, -0.15) is 15.2 Å². The molecule has 10 nitrogen and oxygen atoms in total. The molecule has 0 aliphatic carbocycles. The molecule has 0 bridgehead atoms. The lowest BCUT2D eigenvalue weighted by molar-refractivity contribution is -0.128. The Bertz CT molecular complexity index is 1570. The van der Waals surface area contributed by atoms with Gasteiger partial charge in [0, 0.05) is 61.9 Å². The number of aromatic nitrogens is 2. The zero-order valence-corrected chi connectivity index (χ0v) is 25.8. The molecule has 0 radical (unpaired) electrons. The Morgan fingerprint density at radius 2 is 1.98 bits per heavy atom. The van der Waals surface area contributed by atoms with Crippen molar-refractivity contribution in [1.29, 1.82) is 5.26 Å². The van der Waals surface area contributed by atoms with E-state index in [0.717, 1.165) is 77.5 Å². The summed E-state index contributed by atoms with van der Waals surface area (Å²) in [5.74, 6) is 0.682. The van der Waals surface area contributed by atoms with Gasteiger partial charge in [0.2, 0.25) is 5.91 Å². The number of amides is 1. The van der Waals surface area contributed by atoms with Crippen LogP contribution in [0.2, 0.25) is 5.02 Å². The van der Waals surface area contributed by atoms with E-state index in [4.69, 9.17) is 32.0 Å². The molecule has 2 saturated heterocycles. The second-order valence-electron chi connectivity index (χ2n) is 11.7. The van der Waals surface area contributed by atoms with Crippen molar-refractivity contribution in [2.75, 3.05) is 62.2 Å². The van der Waals surface area contributed by atoms with Gasteiger partial charge >= 0.3 is 6.01 Å². The van der Waals surface area contributed by atoms with Gasteiger partial charge < -0.3 is 25.2 Å². The average Bonchev–Trinajstić information content (AvgIpc) is 3.50. The third-order valence-corrected chi connectivity index (χ3v) is 9.40. The number of likely N-dealkylation sites (tertiary alicyclic amines) is 1. The number of carbonyl (C=O) groups excluding carboxylic acids is 1. The number of carbonyl (C=O) groups is 1. The van der Waals surface area contributed by atoms with Crippen molar-refractivity contribution in [3.05, 3.63) is 65.3 Å². The Labute approximate surface area is 263 Å². The molecule has 1 aromatic heterocycles. The van der Waals surface area contributed by atoms with Gasteiger partial charge in [-0.15, -0.1) is 0 Å². The summed E-state index contributed by atoms with van der Waals surface area (Å²) < 4.78 is 6.34. The lowest BCUT2D eigenvalue weighted by Crippen LogP contribution is -2.55. The second kappa shape index (κ2) is 13.4. The van der Waals surface area contributed by atoms with E-state index in [1.54, 1.807) is 4.90 Å². The van der Waals surface area contributed by atoms with Crippen LogP contribution >= 0.6 is 11.6 Å². The van der Waals surface area contributed by atoms with Gasteiger partial charge in [0.05, 0.1) is 35.8 Å². The van der Waals surface area contributed by atoms with Gasteiger partial charge in [0.15, 0.2) is 0 Å². The highest BCUT2D eigenvalue weighted by molar-refractivity contribution is 6.36. The number of anilines is 2. The van der Waals surface area contributed by atoms with Crippen LogP contribution in [0.15, 0.2) is 49.1 Å². The summed E-state index contributed by atoms with van der Waals surface area (Å²) in [5, 5.41) is 12.4. The normalized spacial score (nSPS) is 20.4. The third-order valence-electron chi connectivity index (χ3n) is 9.08. The summed E-state index contributed by atoms with van der Waals surface area (Å²) in [6.07, 6.45) is 4.49. The van der Waals surface area contributed by atoms with Crippen LogP contribution in [0.25, 0.3) is 10.8 Å². The van der Waals surface area contributed by atoms with Crippen molar-refractivity contribution in [1.82, 2.24) is 19.8 Å². The first-order valence-corrected chi connectivity index (χ1v) is 15.8. The summed E-state index contributed by atoms with van der Waals surface area (Å²) in [5.41, 5.74) is 8.95. The van der Waals surface area contributed by atoms with Gasteiger partial charge in [-0.1, -0.05) is 42.4 Å². The number of hydrogen-bond donors (Lipinski definition) is 1. The minimum absolute atomic E-state index is 0.151. The van der Waals surface area contributed by atoms with Crippen molar-refractivity contribution in [3.8, 4) is 12.1 Å². The molecule has 3 aliphatic rings. The number of fused-ring (bicyclic) bond motifs is 2. The van der Waals surface area contributed by atoms with Crippen LogP contribution in [0.5, 0.6) is 6.01 Å². The minimum Gasteiger partial charge on any atom is -0.462 e. The Morgan fingerprint density at radius 1 is 1.14 bits per heavy atom. The largest absolute Gasteiger partial charge is 0.462 e. The molecule has 2 fully saturated rings. The van der Waals surface area contributed by atoms with E-state index in [2.05, 4.69) is 51.6 Å². The zero-order chi connectivity index (χ0) is 30.6. The first-order valence-electron chi connectivity index (χ1n) is 15.4. The highest BCUT2D eigenvalue weighted by Crippen LogP contribution is 2.37. The van der Waals surface area contributed by atoms with E-state index in [9.17, 15) is 10.1 Å². The van der Waals surface area contributed by atoms with Crippen LogP contribution in [-0.4, -0.2) is 90.2 Å². The number of rotatable bonds is 9. The molecular formula is C33H39ClN8O2. The van der Waals surface area contributed by atoms with Crippen molar-refractivity contribution < 1.29 is 9.53 Å². The maximum atomic E-state index is 12.6. The van der Waals surface area contributed by atoms with Crippen molar-refractivity contribution >= 4 is 39.8 Å². The molecule has 3 aromatic rings. The number of nitriles is 1. The van der Waals surface area contributed by atoms with Crippen LogP contribution in [0.1, 0.15) is 30.5 Å². The van der Waals surface area contributed by atoms with Gasteiger partial charge in [0.1, 0.15) is 12.4 Å². The van der Waals surface area contributed by atoms with E-state index in [-0.39, 0.29) is 24.4 Å². The number of nitrogens with zero attached hydrogens (tertiary/aromatic N) is 7. The zero-order valence-electron chi connectivity index (χ0n) is 25.0. The highest BCUT2D eigenvalue weighted by atomic mass is 35.5. The van der Waals surface area contributed by atoms with Crippen LogP contribution in [0.4, 0.5) is 11.5 Å². The predicted molar refractivity (Wildman–Crippen MR) is 173 cm³/mol. The SMILES string of the molecule is C=CC(=O)N1CCN(c2nc(OC[C@@H]3CCCN3CCN)nc3c2CCN(c2cccc4cccc(Cl)c24)C3)C[C@@H]1CC#N. The first kappa shape index (κ1) is 30.1. The van der Waals surface area contributed by atoms with E-state index in [1.807, 2.05) is 12.1 Å². The van der Waals surface area contributed by atoms with E-state index in [0.29, 0.717) is 45.3 Å². The molecule has 0 saturated carbocycles. The Morgan fingerprint density at radius 3 is 2.77 bits per heavy atom. The maximum absolute atomic E-state index is 12.6. The predicted octanol–water partition coefficient (Wildman–Crippen LogP) is 3.76. The summed E-state index contributed by atoms with van der Waals surface area (Å²) in [7, 11) is 0. The number of halogens is 1. The molecule has 1 amide bonds. The average molecular weight is 615 g/mol. The smallest absolute Gasteiger partial charge is 0.318 e. The number of nitrogens with two attached hydrogens (primary N) is 1. The third kappa shape index (κ3) is 6.05. The van der Waals surface area contributed by atoms with Gasteiger partial charge in [-0.05, 0) is 49.4 Å². The summed E-state index contributed by atoms with van der Waals surface area (Å²) in [4.78, 5) is 31.2. The topological polar surface area (TPSA) is 115 Å². The number of piperazine rings is 1. The fraction of sp³-hybridized carbons (Fsp3) is 0.455. The summed E-state index contributed by atoms with van der Waals surface area (Å²) >= 11 is 6.71. The summed E-state index contributed by atoms with van der Waals surface area (Å²) in [6, 6.07) is 14.9.